The molecule has 0 spiro atoms. The molecule has 1 N–H and O–H groups in total. The molecule has 1 amide bonds. The Kier molecular flexibility index (Phi) is 6.09. The Hall–Kier alpha value is -3.12. The molecule has 3 aromatic rings. The molecule has 6 nitrogen and oxygen atoms in total. The number of ether oxygens (including phenoxy) is 2. The Morgan fingerprint density at radius 3 is 2.58 bits per heavy atom. The van der Waals surface area contributed by atoms with Crippen molar-refractivity contribution in [3.8, 4) is 22.8 Å². The summed E-state index contributed by atoms with van der Waals surface area (Å²) in [6.07, 6.45) is 2.50. The largest absolute Gasteiger partial charge is 0.493 e. The van der Waals surface area contributed by atoms with Crippen molar-refractivity contribution < 1.29 is 14.3 Å². The lowest BCUT2D eigenvalue weighted by molar-refractivity contribution is 0.0941. The molecule has 1 fully saturated rings. The van der Waals surface area contributed by atoms with Crippen LogP contribution in [-0.4, -0.2) is 55.7 Å². The molecular weight excluding hydrogens is 390 g/mol. The number of nitrogens with one attached hydrogen (secondary N) is 1. The van der Waals surface area contributed by atoms with Crippen LogP contribution in [0.4, 0.5) is 0 Å². The highest BCUT2D eigenvalue weighted by Crippen LogP contribution is 2.33. The lowest BCUT2D eigenvalue weighted by Crippen LogP contribution is -2.41. The van der Waals surface area contributed by atoms with Gasteiger partial charge < -0.3 is 14.8 Å². The first kappa shape index (κ1) is 21.1. The van der Waals surface area contributed by atoms with Gasteiger partial charge in [-0.3, -0.25) is 9.69 Å². The summed E-state index contributed by atoms with van der Waals surface area (Å²) in [5.74, 6) is 1.19. The van der Waals surface area contributed by atoms with E-state index in [0.29, 0.717) is 35.3 Å². The number of likely N-dealkylation sites (N-methyl/N-ethyl adjacent to an activating group) is 1. The molecule has 1 heterocycles. The molecule has 0 saturated heterocycles. The van der Waals surface area contributed by atoms with Crippen LogP contribution in [-0.2, 0) is 0 Å². The fraction of sp³-hybridized carbons (Fsp3) is 0.360. The fourth-order valence-corrected chi connectivity index (χ4v) is 3.83. The maximum Gasteiger partial charge on any atom is 0.252 e. The van der Waals surface area contributed by atoms with Crippen LogP contribution in [0, 0.1) is 0 Å². The Labute approximate surface area is 183 Å². The van der Waals surface area contributed by atoms with Gasteiger partial charge in [0.25, 0.3) is 5.91 Å². The molecule has 4 rings (SSSR count). The predicted molar refractivity (Wildman–Crippen MR) is 123 cm³/mol. The summed E-state index contributed by atoms with van der Waals surface area (Å²) in [6, 6.07) is 16.2. The molecule has 1 atom stereocenters. The molecule has 1 aromatic heterocycles. The smallest absolute Gasteiger partial charge is 0.252 e. The number of hydrogen-bond donors (Lipinski definition) is 1. The maximum absolute atomic E-state index is 13.2. The number of amides is 1. The number of pyridine rings is 1. The van der Waals surface area contributed by atoms with Crippen molar-refractivity contribution in [2.75, 3.05) is 27.8 Å². The zero-order valence-corrected chi connectivity index (χ0v) is 18.5. The monoisotopic (exact) mass is 419 g/mol. The van der Waals surface area contributed by atoms with Gasteiger partial charge in [-0.2, -0.15) is 0 Å². The molecule has 1 aliphatic carbocycles. The summed E-state index contributed by atoms with van der Waals surface area (Å²) < 4.78 is 10.8. The molecule has 6 heteroatoms. The molecule has 0 bridgehead atoms. The molecule has 1 saturated carbocycles. The van der Waals surface area contributed by atoms with E-state index in [1.54, 1.807) is 14.2 Å². The molecule has 0 aliphatic heterocycles. The van der Waals surface area contributed by atoms with Crippen molar-refractivity contribution in [3.05, 3.63) is 54.1 Å². The number of rotatable bonds is 8. The zero-order valence-electron chi connectivity index (χ0n) is 18.5. The second kappa shape index (κ2) is 8.94. The van der Waals surface area contributed by atoms with Gasteiger partial charge >= 0.3 is 0 Å². The number of methoxy groups -OCH3 is 2. The first-order valence-electron chi connectivity index (χ1n) is 10.6. The minimum absolute atomic E-state index is 0.0867. The van der Waals surface area contributed by atoms with Crippen molar-refractivity contribution in [3.63, 3.8) is 0 Å². The van der Waals surface area contributed by atoms with Crippen LogP contribution in [0.1, 0.15) is 30.1 Å². The fourth-order valence-electron chi connectivity index (χ4n) is 3.83. The van der Waals surface area contributed by atoms with Crippen LogP contribution in [0.2, 0.25) is 0 Å². The number of aromatic nitrogens is 1. The summed E-state index contributed by atoms with van der Waals surface area (Å²) in [4.78, 5) is 20.3. The molecule has 2 aromatic carbocycles. The number of carbonyl (C=O) groups is 1. The van der Waals surface area contributed by atoms with Crippen molar-refractivity contribution in [2.45, 2.75) is 31.8 Å². The number of benzene rings is 2. The number of nitrogens with zero attached hydrogens (tertiary/aromatic N) is 2. The van der Waals surface area contributed by atoms with E-state index in [1.807, 2.05) is 48.5 Å². The van der Waals surface area contributed by atoms with Gasteiger partial charge in [0, 0.05) is 29.6 Å². The lowest BCUT2D eigenvalue weighted by Gasteiger charge is -2.24. The third kappa shape index (κ3) is 4.49. The first-order chi connectivity index (χ1) is 15.0. The highest BCUT2D eigenvalue weighted by molar-refractivity contribution is 6.07. The third-order valence-electron chi connectivity index (χ3n) is 6.02. The van der Waals surface area contributed by atoms with Crippen LogP contribution in [0.3, 0.4) is 0 Å². The Bertz CT molecular complexity index is 1090. The molecule has 0 radical (unpaired) electrons. The Morgan fingerprint density at radius 2 is 1.87 bits per heavy atom. The lowest BCUT2D eigenvalue weighted by atomic mass is 10.0. The summed E-state index contributed by atoms with van der Waals surface area (Å²) in [5, 5.41) is 3.96. The minimum atomic E-state index is -0.0867. The average molecular weight is 420 g/mol. The van der Waals surface area contributed by atoms with Gasteiger partial charge in [0.15, 0.2) is 11.5 Å². The van der Waals surface area contributed by atoms with E-state index in [2.05, 4.69) is 24.2 Å². The SMILES string of the molecule is COc1ccc(-c2cc(C(=O)NCC(C)N(C)C3CC3)c3ccccc3n2)cc1OC. The number of fused-ring (bicyclic) bond motifs is 1. The van der Waals surface area contributed by atoms with Crippen LogP contribution in [0.15, 0.2) is 48.5 Å². The molecule has 1 unspecified atom stereocenters. The van der Waals surface area contributed by atoms with Crippen LogP contribution < -0.4 is 14.8 Å². The van der Waals surface area contributed by atoms with E-state index in [4.69, 9.17) is 14.5 Å². The number of hydrogen-bond acceptors (Lipinski definition) is 5. The van der Waals surface area contributed by atoms with Crippen molar-refractivity contribution in [1.29, 1.82) is 0 Å². The van der Waals surface area contributed by atoms with Gasteiger partial charge in [-0.1, -0.05) is 18.2 Å². The van der Waals surface area contributed by atoms with Gasteiger partial charge in [-0.25, -0.2) is 4.98 Å². The molecule has 31 heavy (non-hydrogen) atoms. The second-order valence-corrected chi connectivity index (χ2v) is 8.10. The van der Waals surface area contributed by atoms with Gasteiger partial charge in [-0.05, 0) is 57.1 Å². The molecule has 1 aliphatic rings. The van der Waals surface area contributed by atoms with Crippen LogP contribution in [0.5, 0.6) is 11.5 Å². The normalized spacial score (nSPS) is 14.5. The van der Waals surface area contributed by atoms with Gasteiger partial charge in [0.2, 0.25) is 0 Å². The van der Waals surface area contributed by atoms with E-state index in [1.165, 1.54) is 12.8 Å². The second-order valence-electron chi connectivity index (χ2n) is 8.10. The summed E-state index contributed by atoms with van der Waals surface area (Å²) in [6.45, 7) is 2.76. The Morgan fingerprint density at radius 1 is 1.13 bits per heavy atom. The van der Waals surface area contributed by atoms with Crippen LogP contribution in [0.25, 0.3) is 22.2 Å². The van der Waals surface area contributed by atoms with Gasteiger partial charge in [0.05, 0.1) is 31.0 Å². The molecular formula is C25H29N3O3. The van der Waals surface area contributed by atoms with E-state index >= 15 is 0 Å². The maximum atomic E-state index is 13.2. The van der Waals surface area contributed by atoms with E-state index < -0.39 is 0 Å². The number of carbonyl (C=O) groups excluding carboxylic acids is 1. The third-order valence-corrected chi connectivity index (χ3v) is 6.02. The quantitative estimate of drug-likeness (QED) is 0.595. The van der Waals surface area contributed by atoms with Crippen LogP contribution >= 0.6 is 0 Å². The standard InChI is InChI=1S/C25H29N3O3/c1-16(28(2)18-10-11-18)15-26-25(29)20-14-22(27-21-8-6-5-7-19(20)21)17-9-12-23(30-3)24(13-17)31-4/h5-9,12-14,16,18H,10-11,15H2,1-4H3,(H,26,29). The predicted octanol–water partition coefficient (Wildman–Crippen LogP) is 4.13. The Balaban J connectivity index is 1.66. The topological polar surface area (TPSA) is 63.7 Å². The van der Waals surface area contributed by atoms with E-state index in [9.17, 15) is 4.79 Å². The van der Waals surface area contributed by atoms with Gasteiger partial charge in [-0.15, -0.1) is 0 Å². The van der Waals surface area contributed by atoms with E-state index in [-0.39, 0.29) is 11.9 Å². The van der Waals surface area contributed by atoms with Gasteiger partial charge in [0.1, 0.15) is 0 Å². The zero-order chi connectivity index (χ0) is 22.0. The molecule has 162 valence electrons. The summed E-state index contributed by atoms with van der Waals surface area (Å²) in [7, 11) is 5.34. The minimum Gasteiger partial charge on any atom is -0.493 e. The highest BCUT2D eigenvalue weighted by atomic mass is 16.5. The first-order valence-corrected chi connectivity index (χ1v) is 10.6. The number of para-hydroxylation sites is 1. The highest BCUT2D eigenvalue weighted by Gasteiger charge is 2.29. The summed E-state index contributed by atoms with van der Waals surface area (Å²) in [5.41, 5.74) is 2.98. The van der Waals surface area contributed by atoms with Crippen molar-refractivity contribution in [2.24, 2.45) is 0 Å². The van der Waals surface area contributed by atoms with E-state index in [0.717, 1.165) is 16.5 Å². The average Bonchev–Trinajstić information content (AvgIpc) is 3.66. The van der Waals surface area contributed by atoms with Crippen molar-refractivity contribution >= 4 is 16.8 Å². The summed E-state index contributed by atoms with van der Waals surface area (Å²) >= 11 is 0. The van der Waals surface area contributed by atoms with Crippen molar-refractivity contribution in [1.82, 2.24) is 15.2 Å².